The van der Waals surface area contributed by atoms with Crippen molar-refractivity contribution in [3.8, 4) is 34.9 Å². The molecule has 0 unspecified atom stereocenters. The molecule has 9 nitrogen and oxygen atoms in total. The van der Waals surface area contributed by atoms with Gasteiger partial charge < -0.3 is 0 Å². The van der Waals surface area contributed by atoms with Gasteiger partial charge in [0.2, 0.25) is 5.82 Å². The van der Waals surface area contributed by atoms with Gasteiger partial charge in [-0.1, -0.05) is 66.7 Å². The third-order valence-corrected chi connectivity index (χ3v) is 5.76. The monoisotopic (exact) mass is 475 g/mol. The van der Waals surface area contributed by atoms with Gasteiger partial charge >= 0.3 is 5.69 Å². The first-order valence-corrected chi connectivity index (χ1v) is 11.3. The number of aromatic amines is 1. The summed E-state index contributed by atoms with van der Waals surface area (Å²) < 4.78 is 2.41. The summed E-state index contributed by atoms with van der Waals surface area (Å²) in [6, 6.07) is 24.2. The second-order valence-electron chi connectivity index (χ2n) is 8.05. The van der Waals surface area contributed by atoms with Crippen LogP contribution in [-0.4, -0.2) is 40.9 Å². The topological polar surface area (TPSA) is 111 Å². The van der Waals surface area contributed by atoms with Crippen LogP contribution in [0.25, 0.3) is 22.5 Å². The zero-order chi connectivity index (χ0) is 24.9. The van der Waals surface area contributed by atoms with E-state index in [0.29, 0.717) is 30.1 Å². The van der Waals surface area contributed by atoms with Gasteiger partial charge in [-0.25, -0.2) is 4.79 Å². The molecule has 5 rings (SSSR count). The predicted octanol–water partition coefficient (Wildman–Crippen LogP) is 3.19. The normalized spacial score (nSPS) is 10.8. The average molecular weight is 476 g/mol. The van der Waals surface area contributed by atoms with Crippen LogP contribution in [-0.2, 0) is 13.0 Å². The van der Waals surface area contributed by atoms with E-state index in [1.807, 2.05) is 48.5 Å². The van der Waals surface area contributed by atoms with Gasteiger partial charge in [0.25, 0.3) is 5.91 Å². The fraction of sp³-hybridized carbons (Fsp3) is 0.111. The highest BCUT2D eigenvalue weighted by Crippen LogP contribution is 2.29. The molecule has 5 aromatic rings. The molecule has 0 spiro atoms. The second-order valence-corrected chi connectivity index (χ2v) is 8.05. The van der Waals surface area contributed by atoms with Crippen molar-refractivity contribution in [2.45, 2.75) is 19.4 Å². The molecule has 0 saturated heterocycles. The Morgan fingerprint density at radius 3 is 2.36 bits per heavy atom. The standard InChI is InChI=1S/C27H21N7O2/c1-2-3-13-24-30-34(26(35)21-9-5-4-6-10-21)27(36)33(24)18-19-14-16-20(17-15-19)22-11-7-8-12-23(22)25-28-31-32-29-25/h1,4-12,14-17H,3,13,18H2,(H,28,29,31,32). The van der Waals surface area contributed by atoms with Crippen molar-refractivity contribution in [3.05, 3.63) is 106 Å². The zero-order valence-corrected chi connectivity index (χ0v) is 19.2. The van der Waals surface area contributed by atoms with Crippen LogP contribution in [0.15, 0.2) is 83.7 Å². The largest absolute Gasteiger partial charge is 0.353 e. The number of hydrogen-bond donors (Lipinski definition) is 1. The molecule has 0 saturated carbocycles. The highest BCUT2D eigenvalue weighted by molar-refractivity contribution is 5.95. The summed E-state index contributed by atoms with van der Waals surface area (Å²) in [5.74, 6) is 3.07. The number of terminal acetylenes is 1. The number of carbonyl (C=O) groups is 1. The first-order valence-electron chi connectivity index (χ1n) is 11.3. The Balaban J connectivity index is 1.46. The van der Waals surface area contributed by atoms with Gasteiger partial charge in [-0.3, -0.25) is 9.36 Å². The molecule has 0 atom stereocenters. The van der Waals surface area contributed by atoms with Gasteiger partial charge in [0, 0.05) is 24.0 Å². The van der Waals surface area contributed by atoms with E-state index in [0.717, 1.165) is 26.9 Å². The average Bonchev–Trinajstić information content (AvgIpc) is 3.57. The van der Waals surface area contributed by atoms with Crippen molar-refractivity contribution in [1.82, 2.24) is 35.0 Å². The highest BCUT2D eigenvalue weighted by Gasteiger charge is 2.19. The van der Waals surface area contributed by atoms with Crippen LogP contribution in [0.2, 0.25) is 0 Å². The van der Waals surface area contributed by atoms with Crippen LogP contribution >= 0.6 is 0 Å². The van der Waals surface area contributed by atoms with E-state index in [9.17, 15) is 9.59 Å². The molecular weight excluding hydrogens is 454 g/mol. The number of aryl methyl sites for hydroxylation is 1. The highest BCUT2D eigenvalue weighted by atomic mass is 16.2. The quantitative estimate of drug-likeness (QED) is 0.362. The maximum Gasteiger partial charge on any atom is 0.353 e. The summed E-state index contributed by atoms with van der Waals surface area (Å²) in [5, 5.41) is 18.6. The number of carbonyl (C=O) groups excluding carboxylic acids is 1. The third-order valence-electron chi connectivity index (χ3n) is 5.76. The predicted molar refractivity (Wildman–Crippen MR) is 134 cm³/mol. The van der Waals surface area contributed by atoms with E-state index in [-0.39, 0.29) is 6.54 Å². The number of benzene rings is 3. The van der Waals surface area contributed by atoms with E-state index < -0.39 is 11.6 Å². The van der Waals surface area contributed by atoms with Crippen LogP contribution in [0.5, 0.6) is 0 Å². The van der Waals surface area contributed by atoms with E-state index in [2.05, 4.69) is 31.6 Å². The summed E-state index contributed by atoms with van der Waals surface area (Å²) in [7, 11) is 0. The Bertz CT molecular complexity index is 1590. The van der Waals surface area contributed by atoms with Gasteiger partial charge in [-0.15, -0.1) is 32.3 Å². The van der Waals surface area contributed by atoms with Crippen molar-refractivity contribution < 1.29 is 4.79 Å². The van der Waals surface area contributed by atoms with E-state index in [1.54, 1.807) is 30.3 Å². The van der Waals surface area contributed by atoms with Crippen molar-refractivity contribution in [2.24, 2.45) is 0 Å². The minimum absolute atomic E-state index is 0.258. The number of hydrogen-bond acceptors (Lipinski definition) is 6. The van der Waals surface area contributed by atoms with E-state index >= 15 is 0 Å². The zero-order valence-electron chi connectivity index (χ0n) is 19.2. The molecule has 0 aliphatic carbocycles. The molecule has 1 N–H and O–H groups in total. The van der Waals surface area contributed by atoms with Crippen molar-refractivity contribution in [3.63, 3.8) is 0 Å². The van der Waals surface area contributed by atoms with Gasteiger partial charge in [0.1, 0.15) is 5.82 Å². The Labute approximate surface area is 206 Å². The minimum Gasteiger partial charge on any atom is -0.274 e. The lowest BCUT2D eigenvalue weighted by Gasteiger charge is -2.09. The molecule has 176 valence electrons. The molecule has 0 aliphatic heterocycles. The van der Waals surface area contributed by atoms with Gasteiger partial charge in [0.15, 0.2) is 0 Å². The number of nitrogens with one attached hydrogen (secondary N) is 1. The van der Waals surface area contributed by atoms with Gasteiger partial charge in [-0.2, -0.15) is 5.21 Å². The Kier molecular flexibility index (Phi) is 6.32. The number of nitrogens with zero attached hydrogens (tertiary/aromatic N) is 6. The summed E-state index contributed by atoms with van der Waals surface area (Å²) >= 11 is 0. The lowest BCUT2D eigenvalue weighted by atomic mass is 9.98. The lowest BCUT2D eigenvalue weighted by molar-refractivity contribution is 0.0939. The fourth-order valence-corrected chi connectivity index (χ4v) is 3.98. The minimum atomic E-state index is -0.498. The summed E-state index contributed by atoms with van der Waals surface area (Å²) in [4.78, 5) is 26.1. The third kappa shape index (κ3) is 4.48. The van der Waals surface area contributed by atoms with Crippen molar-refractivity contribution in [1.29, 1.82) is 0 Å². The van der Waals surface area contributed by atoms with Crippen LogP contribution in [0.3, 0.4) is 0 Å². The molecule has 0 fully saturated rings. The van der Waals surface area contributed by atoms with E-state index in [4.69, 9.17) is 6.42 Å². The van der Waals surface area contributed by atoms with Crippen LogP contribution in [0.4, 0.5) is 0 Å². The van der Waals surface area contributed by atoms with Crippen LogP contribution < -0.4 is 5.69 Å². The van der Waals surface area contributed by atoms with Crippen LogP contribution in [0, 0.1) is 12.3 Å². The first kappa shape index (κ1) is 22.7. The molecule has 2 aromatic heterocycles. The Morgan fingerprint density at radius 1 is 0.944 bits per heavy atom. The molecule has 3 aromatic carbocycles. The molecular formula is C27H21N7O2. The molecule has 0 bridgehead atoms. The van der Waals surface area contributed by atoms with Crippen LogP contribution in [0.1, 0.15) is 28.2 Å². The molecule has 2 heterocycles. The molecule has 0 radical (unpaired) electrons. The summed E-state index contributed by atoms with van der Waals surface area (Å²) in [5.41, 5.74) is 3.55. The van der Waals surface area contributed by atoms with Crippen molar-refractivity contribution >= 4 is 5.91 Å². The van der Waals surface area contributed by atoms with E-state index in [1.165, 1.54) is 4.57 Å². The Hall–Kier alpha value is -5.10. The molecule has 9 heteroatoms. The maximum absolute atomic E-state index is 13.2. The number of rotatable bonds is 7. The van der Waals surface area contributed by atoms with Gasteiger partial charge in [-0.05, 0) is 34.0 Å². The number of H-pyrrole nitrogens is 1. The maximum atomic E-state index is 13.2. The Morgan fingerprint density at radius 2 is 1.67 bits per heavy atom. The first-order chi connectivity index (χ1) is 17.7. The van der Waals surface area contributed by atoms with Gasteiger partial charge in [0.05, 0.1) is 6.54 Å². The molecule has 0 aliphatic rings. The SMILES string of the molecule is C#CCCc1nn(C(=O)c2ccccc2)c(=O)n1Cc1ccc(-c2ccccc2-c2nn[nH]n2)cc1. The summed E-state index contributed by atoms with van der Waals surface area (Å²) in [6.07, 6.45) is 6.23. The summed E-state index contributed by atoms with van der Waals surface area (Å²) in [6.45, 7) is 0.258. The second kappa shape index (κ2) is 10.0. The molecule has 0 amide bonds. The smallest absolute Gasteiger partial charge is 0.274 e. The van der Waals surface area contributed by atoms with Crippen molar-refractivity contribution in [2.75, 3.05) is 0 Å². The lowest BCUT2D eigenvalue weighted by Crippen LogP contribution is -2.30. The fourth-order valence-electron chi connectivity index (χ4n) is 3.98. The molecule has 36 heavy (non-hydrogen) atoms. The number of aromatic nitrogens is 7. The number of tetrazole rings is 1.